The number of H-pyrrole nitrogens is 1. The van der Waals surface area contributed by atoms with Gasteiger partial charge in [0.05, 0.1) is 18.1 Å². The molecule has 1 aromatic carbocycles. The largest absolute Gasteiger partial charge is 0.319 e. The Balaban J connectivity index is 1.64. The first-order chi connectivity index (χ1) is 15.2. The van der Waals surface area contributed by atoms with Gasteiger partial charge in [-0.15, -0.1) is 5.92 Å². The predicted octanol–water partition coefficient (Wildman–Crippen LogP) is 2.67. The summed E-state index contributed by atoms with van der Waals surface area (Å²) in [6.45, 7) is 1.67. The number of anilines is 3. The Kier molecular flexibility index (Phi) is 4.41. The second-order valence-corrected chi connectivity index (χ2v) is 6.65. The number of carbonyl (C=O) groups is 1. The molecule has 0 radical (unpaired) electrons. The van der Waals surface area contributed by atoms with Gasteiger partial charge >= 0.3 is 0 Å². The average molecular weight is 414 g/mol. The maximum Gasteiger partial charge on any atom is 0.260 e. The van der Waals surface area contributed by atoms with Crippen molar-refractivity contribution in [3.05, 3.63) is 61.1 Å². The van der Waals surface area contributed by atoms with Crippen molar-refractivity contribution in [2.45, 2.75) is 13.0 Å². The number of rotatable bonds is 3. The molecule has 1 unspecified atom stereocenters. The van der Waals surface area contributed by atoms with Gasteiger partial charge in [0.2, 0.25) is 5.95 Å². The number of imidazole rings is 1. The summed E-state index contributed by atoms with van der Waals surface area (Å²) in [5.41, 5.74) is 1.80. The molecule has 4 aromatic rings. The lowest BCUT2D eigenvalue weighted by molar-refractivity contribution is -0.116. The van der Waals surface area contributed by atoms with Gasteiger partial charge in [-0.3, -0.25) is 19.4 Å². The van der Waals surface area contributed by atoms with E-state index in [0.29, 0.717) is 34.5 Å². The summed E-state index contributed by atoms with van der Waals surface area (Å²) < 4.78 is 15.0. The number of fused-ring (bicyclic) bond motifs is 1. The number of aromatic amines is 1. The van der Waals surface area contributed by atoms with E-state index in [4.69, 9.17) is 4.98 Å². The molecule has 1 atom stereocenters. The lowest BCUT2D eigenvalue weighted by Crippen LogP contribution is -2.45. The number of hydrogen-bond donors (Lipinski definition) is 2. The second-order valence-electron chi connectivity index (χ2n) is 6.65. The van der Waals surface area contributed by atoms with Crippen molar-refractivity contribution in [3.8, 4) is 29.2 Å². The molecule has 9 nitrogen and oxygen atoms in total. The van der Waals surface area contributed by atoms with Crippen LogP contribution in [0, 0.1) is 17.7 Å². The first-order valence-electron chi connectivity index (χ1n) is 9.33. The number of hydrogen-bond acceptors (Lipinski definition) is 6. The summed E-state index contributed by atoms with van der Waals surface area (Å²) in [6, 6.07) is 5.23. The third kappa shape index (κ3) is 3.18. The van der Waals surface area contributed by atoms with Gasteiger partial charge in [-0.2, -0.15) is 10.1 Å². The molecule has 10 heteroatoms. The number of nitrogens with one attached hydrogen (secondary N) is 2. The van der Waals surface area contributed by atoms with Crippen molar-refractivity contribution in [1.29, 1.82) is 0 Å². The summed E-state index contributed by atoms with van der Waals surface area (Å²) in [5.74, 6) is 6.46. The van der Waals surface area contributed by atoms with Crippen molar-refractivity contribution >= 4 is 23.1 Å². The zero-order valence-corrected chi connectivity index (χ0v) is 16.2. The van der Waals surface area contributed by atoms with E-state index in [2.05, 4.69) is 37.3 Å². The summed E-state index contributed by atoms with van der Waals surface area (Å²) in [6.07, 6.45) is 8.12. The molecule has 3 aromatic heterocycles. The van der Waals surface area contributed by atoms with Gasteiger partial charge in [0.1, 0.15) is 17.3 Å². The predicted molar refractivity (Wildman–Crippen MR) is 111 cm³/mol. The first kappa shape index (κ1) is 18.5. The third-order valence-corrected chi connectivity index (χ3v) is 4.75. The van der Waals surface area contributed by atoms with E-state index in [1.54, 1.807) is 53.3 Å². The molecular formula is C21H15FN8O. The minimum absolute atomic E-state index is 0.283. The van der Waals surface area contributed by atoms with E-state index in [1.807, 2.05) is 0 Å². The van der Waals surface area contributed by atoms with E-state index in [-0.39, 0.29) is 11.7 Å². The first-order valence-corrected chi connectivity index (χ1v) is 9.33. The van der Waals surface area contributed by atoms with Gasteiger partial charge in [0.25, 0.3) is 5.91 Å². The van der Waals surface area contributed by atoms with Crippen LogP contribution in [0.15, 0.2) is 55.2 Å². The summed E-state index contributed by atoms with van der Waals surface area (Å²) in [4.78, 5) is 27.8. The average Bonchev–Trinajstić information content (AvgIpc) is 3.47. The Morgan fingerprint density at radius 1 is 1.16 bits per heavy atom. The van der Waals surface area contributed by atoms with Crippen LogP contribution in [0.1, 0.15) is 6.92 Å². The molecule has 2 N–H and O–H groups in total. The molecule has 1 amide bonds. The highest BCUT2D eigenvalue weighted by Gasteiger charge is 2.35. The summed E-state index contributed by atoms with van der Waals surface area (Å²) in [5, 5.41) is 9.55. The number of aromatic nitrogens is 6. The van der Waals surface area contributed by atoms with Crippen LogP contribution in [-0.2, 0) is 4.79 Å². The lowest BCUT2D eigenvalue weighted by atomic mass is 10.1. The number of halogens is 1. The number of carbonyl (C=O) groups excluding carboxylic acids is 1. The lowest BCUT2D eigenvalue weighted by Gasteiger charge is -2.33. The van der Waals surface area contributed by atoms with Crippen LogP contribution < -0.4 is 10.2 Å². The zero-order valence-electron chi connectivity index (χ0n) is 16.2. The monoisotopic (exact) mass is 414 g/mol. The van der Waals surface area contributed by atoms with E-state index >= 15 is 0 Å². The Labute approximate surface area is 176 Å². The highest BCUT2D eigenvalue weighted by molar-refractivity contribution is 6.06. The molecule has 4 heterocycles. The quantitative estimate of drug-likeness (QED) is 0.500. The molecule has 0 bridgehead atoms. The molecule has 0 spiro atoms. The van der Waals surface area contributed by atoms with Gasteiger partial charge in [0, 0.05) is 24.2 Å². The number of benzene rings is 1. The van der Waals surface area contributed by atoms with Crippen molar-refractivity contribution in [2.75, 3.05) is 10.2 Å². The van der Waals surface area contributed by atoms with Crippen molar-refractivity contribution < 1.29 is 9.18 Å². The minimum Gasteiger partial charge on any atom is -0.319 e. The van der Waals surface area contributed by atoms with Crippen molar-refractivity contribution in [1.82, 2.24) is 29.7 Å². The zero-order chi connectivity index (χ0) is 21.4. The molecule has 1 aliphatic rings. The molecule has 0 saturated carbocycles. The van der Waals surface area contributed by atoms with E-state index < -0.39 is 6.04 Å². The van der Waals surface area contributed by atoms with Gasteiger partial charge in [0.15, 0.2) is 11.9 Å². The van der Waals surface area contributed by atoms with Crippen LogP contribution in [0.5, 0.6) is 0 Å². The van der Waals surface area contributed by atoms with Crippen LogP contribution in [0.2, 0.25) is 0 Å². The highest BCUT2D eigenvalue weighted by Crippen LogP contribution is 2.36. The van der Waals surface area contributed by atoms with Crippen molar-refractivity contribution in [3.63, 3.8) is 0 Å². The van der Waals surface area contributed by atoms with E-state index in [0.717, 1.165) is 0 Å². The van der Waals surface area contributed by atoms with Crippen LogP contribution in [0.4, 0.5) is 21.6 Å². The fraction of sp³-hybridized carbons (Fsp3) is 0.0952. The van der Waals surface area contributed by atoms with Crippen molar-refractivity contribution in [2.24, 2.45) is 0 Å². The minimum atomic E-state index is -0.780. The van der Waals surface area contributed by atoms with E-state index in [9.17, 15) is 9.18 Å². The molecule has 5 rings (SSSR count). The standard InChI is InChI=1S/C21H15FN8O/c1-2-3-17-20(31)27-16-12-24-21(28-19(16)30(17)15-10-25-26-11-15)29-9-8-23-18(29)13-4-6-14(22)7-5-13/h4-12,17H,1H3,(H,25,26)(H,27,31). The molecule has 0 saturated heterocycles. The number of amides is 1. The SMILES string of the molecule is CC#CC1C(=O)Nc2cnc(-n3ccnc3-c3ccc(F)cc3)nc2N1c1cn[nH]c1. The Bertz CT molecular complexity index is 1320. The normalized spacial score (nSPS) is 15.1. The molecule has 31 heavy (non-hydrogen) atoms. The molecule has 0 fully saturated rings. The fourth-order valence-corrected chi connectivity index (χ4v) is 3.38. The summed E-state index contributed by atoms with van der Waals surface area (Å²) in [7, 11) is 0. The van der Waals surface area contributed by atoms with Crippen LogP contribution >= 0.6 is 0 Å². The maximum absolute atomic E-state index is 13.3. The van der Waals surface area contributed by atoms with E-state index in [1.165, 1.54) is 18.3 Å². The topological polar surface area (TPSA) is 105 Å². The Morgan fingerprint density at radius 2 is 2.00 bits per heavy atom. The van der Waals surface area contributed by atoms with Crippen LogP contribution in [-0.4, -0.2) is 41.7 Å². The van der Waals surface area contributed by atoms with Crippen LogP contribution in [0.3, 0.4) is 0 Å². The third-order valence-electron chi connectivity index (χ3n) is 4.75. The summed E-state index contributed by atoms with van der Waals surface area (Å²) >= 11 is 0. The smallest absolute Gasteiger partial charge is 0.260 e. The van der Waals surface area contributed by atoms with Gasteiger partial charge < -0.3 is 5.32 Å². The molecule has 152 valence electrons. The maximum atomic E-state index is 13.3. The van der Waals surface area contributed by atoms with Gasteiger partial charge in [-0.05, 0) is 31.2 Å². The van der Waals surface area contributed by atoms with Crippen LogP contribution in [0.25, 0.3) is 17.3 Å². The molecule has 0 aliphatic carbocycles. The van der Waals surface area contributed by atoms with Gasteiger partial charge in [-0.1, -0.05) is 5.92 Å². The molecular weight excluding hydrogens is 399 g/mol. The fourth-order valence-electron chi connectivity index (χ4n) is 3.38. The Morgan fingerprint density at radius 3 is 2.74 bits per heavy atom. The molecule has 1 aliphatic heterocycles. The van der Waals surface area contributed by atoms with Gasteiger partial charge in [-0.25, -0.2) is 14.4 Å². The Hall–Kier alpha value is -4.52. The second kappa shape index (κ2) is 7.38. The number of nitrogens with zero attached hydrogens (tertiary/aromatic N) is 6. The highest BCUT2D eigenvalue weighted by atomic mass is 19.1.